The molecule has 0 bridgehead atoms. The van der Waals surface area contributed by atoms with Gasteiger partial charge in [-0.1, -0.05) is 18.2 Å². The first-order chi connectivity index (χ1) is 15.7. The van der Waals surface area contributed by atoms with Gasteiger partial charge in [-0.05, 0) is 55.2 Å². The van der Waals surface area contributed by atoms with Gasteiger partial charge in [0.25, 0.3) is 11.5 Å². The third-order valence-corrected chi connectivity index (χ3v) is 5.42. The predicted molar refractivity (Wildman–Crippen MR) is 111 cm³/mol. The van der Waals surface area contributed by atoms with E-state index in [1.165, 1.54) is 36.4 Å². The molecule has 2 aromatic carbocycles. The quantitative estimate of drug-likeness (QED) is 0.550. The second-order valence-electron chi connectivity index (χ2n) is 7.82. The fourth-order valence-electron chi connectivity index (χ4n) is 3.47. The lowest BCUT2D eigenvalue weighted by Crippen LogP contribution is -2.42. The third kappa shape index (κ3) is 4.95. The van der Waals surface area contributed by atoms with Crippen LogP contribution in [0.1, 0.15) is 28.8 Å². The fraction of sp³-hybridized carbons (Fsp3) is 0.261. The van der Waals surface area contributed by atoms with Gasteiger partial charge in [-0.25, -0.2) is 4.39 Å². The van der Waals surface area contributed by atoms with Gasteiger partial charge < -0.3 is 10.4 Å². The van der Waals surface area contributed by atoms with Crippen LogP contribution in [0.2, 0.25) is 0 Å². The summed E-state index contributed by atoms with van der Waals surface area (Å²) in [4.78, 5) is 26.0. The summed E-state index contributed by atoms with van der Waals surface area (Å²) >= 11 is 0. The zero-order chi connectivity index (χ0) is 23.8. The first kappa shape index (κ1) is 22.7. The lowest BCUT2D eigenvalue weighted by atomic mass is 10.1. The molecule has 6 nitrogen and oxygen atoms in total. The van der Waals surface area contributed by atoms with Crippen LogP contribution in [0.3, 0.4) is 0 Å². The van der Waals surface area contributed by atoms with Crippen molar-refractivity contribution in [2.24, 2.45) is 5.92 Å². The van der Waals surface area contributed by atoms with Crippen LogP contribution in [0.15, 0.2) is 59.4 Å². The van der Waals surface area contributed by atoms with Gasteiger partial charge in [0.2, 0.25) is 0 Å². The smallest absolute Gasteiger partial charge is 0.394 e. The maximum absolute atomic E-state index is 13.8. The van der Waals surface area contributed by atoms with Crippen molar-refractivity contribution >= 4 is 5.91 Å². The molecule has 1 saturated carbocycles. The number of aliphatic hydroxyl groups excluding tert-OH is 1. The molecule has 10 heteroatoms. The van der Waals surface area contributed by atoms with E-state index in [4.69, 9.17) is 0 Å². The molecule has 0 unspecified atom stereocenters. The van der Waals surface area contributed by atoms with Crippen LogP contribution in [0, 0.1) is 11.7 Å². The number of nitrogens with zero attached hydrogens (tertiary/aromatic N) is 2. The maximum Gasteiger partial charge on any atom is 0.416 e. The molecule has 33 heavy (non-hydrogen) atoms. The Balaban J connectivity index is 1.81. The Morgan fingerprint density at radius 3 is 2.42 bits per heavy atom. The zero-order valence-electron chi connectivity index (χ0n) is 17.1. The highest BCUT2D eigenvalue weighted by Crippen LogP contribution is 2.33. The highest BCUT2D eigenvalue weighted by Gasteiger charge is 2.33. The summed E-state index contributed by atoms with van der Waals surface area (Å²) in [5, 5.41) is 16.3. The summed E-state index contributed by atoms with van der Waals surface area (Å²) in [6, 6.07) is 9.72. The minimum absolute atomic E-state index is 0.0451. The standard InChI is InChI=1S/C23H19F4N3O3/c24-16-2-1-3-17(10-16)30-22(33)18(21(32)28-20(12-31)14-4-5-14)11-19(29-30)13-6-8-15(9-7-13)23(25,26)27/h1-3,6-11,14,20,31H,4-5,12H2,(H,28,32)/t20-/m0/s1. The average molecular weight is 461 g/mol. The van der Waals surface area contributed by atoms with Gasteiger partial charge in [0.15, 0.2) is 0 Å². The number of hydrogen-bond donors (Lipinski definition) is 2. The lowest BCUT2D eigenvalue weighted by molar-refractivity contribution is -0.137. The number of halogens is 4. The van der Waals surface area contributed by atoms with Crippen LogP contribution in [0.25, 0.3) is 16.9 Å². The number of aromatic nitrogens is 2. The topological polar surface area (TPSA) is 84.2 Å². The van der Waals surface area contributed by atoms with Crippen LogP contribution in [-0.4, -0.2) is 33.4 Å². The number of nitrogens with one attached hydrogen (secondary N) is 1. The molecule has 1 aromatic heterocycles. The normalized spacial score (nSPS) is 14.7. The molecule has 4 rings (SSSR count). The molecule has 1 heterocycles. The highest BCUT2D eigenvalue weighted by atomic mass is 19.4. The van der Waals surface area contributed by atoms with Crippen LogP contribution in [0.4, 0.5) is 17.6 Å². The van der Waals surface area contributed by atoms with Crippen LogP contribution in [-0.2, 0) is 6.18 Å². The van der Waals surface area contributed by atoms with E-state index in [0.717, 1.165) is 35.7 Å². The molecule has 1 amide bonds. The maximum atomic E-state index is 13.8. The molecule has 0 aliphatic heterocycles. The molecule has 1 fully saturated rings. The van der Waals surface area contributed by atoms with Crippen molar-refractivity contribution in [2.45, 2.75) is 25.1 Å². The molecular formula is C23H19F4N3O3. The van der Waals surface area contributed by atoms with Crippen molar-refractivity contribution in [3.63, 3.8) is 0 Å². The van der Waals surface area contributed by atoms with E-state index in [2.05, 4.69) is 10.4 Å². The van der Waals surface area contributed by atoms with E-state index >= 15 is 0 Å². The van der Waals surface area contributed by atoms with E-state index in [-0.39, 0.29) is 35.0 Å². The van der Waals surface area contributed by atoms with Gasteiger partial charge in [-0.2, -0.15) is 23.0 Å². The number of rotatable bonds is 6. The molecular weight excluding hydrogens is 442 g/mol. The van der Waals surface area contributed by atoms with Gasteiger partial charge in [-0.15, -0.1) is 0 Å². The van der Waals surface area contributed by atoms with Gasteiger partial charge in [0.05, 0.1) is 29.6 Å². The van der Waals surface area contributed by atoms with E-state index in [0.29, 0.717) is 0 Å². The molecule has 0 saturated heterocycles. The second-order valence-corrected chi connectivity index (χ2v) is 7.82. The number of hydrogen-bond acceptors (Lipinski definition) is 4. The molecule has 0 radical (unpaired) electrons. The van der Waals surface area contributed by atoms with Crippen molar-refractivity contribution in [1.29, 1.82) is 0 Å². The first-order valence-electron chi connectivity index (χ1n) is 10.2. The van der Waals surface area contributed by atoms with Crippen molar-refractivity contribution < 1.29 is 27.5 Å². The van der Waals surface area contributed by atoms with Gasteiger partial charge in [-0.3, -0.25) is 9.59 Å². The zero-order valence-corrected chi connectivity index (χ0v) is 17.1. The number of carbonyl (C=O) groups is 1. The molecule has 1 aliphatic carbocycles. The Bertz CT molecular complexity index is 1230. The van der Waals surface area contributed by atoms with Crippen molar-refractivity contribution in [2.75, 3.05) is 6.61 Å². The van der Waals surface area contributed by atoms with Crippen LogP contribution >= 0.6 is 0 Å². The van der Waals surface area contributed by atoms with Gasteiger partial charge >= 0.3 is 6.18 Å². The predicted octanol–water partition coefficient (Wildman–Crippen LogP) is 3.56. The minimum atomic E-state index is -4.53. The number of alkyl halides is 3. The van der Waals surface area contributed by atoms with Crippen LogP contribution in [0.5, 0.6) is 0 Å². The lowest BCUT2D eigenvalue weighted by Gasteiger charge is -2.16. The van der Waals surface area contributed by atoms with E-state index in [9.17, 15) is 32.3 Å². The van der Waals surface area contributed by atoms with E-state index in [1.807, 2.05) is 0 Å². The monoisotopic (exact) mass is 461 g/mol. The second kappa shape index (κ2) is 8.78. The number of carbonyl (C=O) groups excluding carboxylic acids is 1. The Morgan fingerprint density at radius 1 is 1.15 bits per heavy atom. The Morgan fingerprint density at radius 2 is 1.85 bits per heavy atom. The molecule has 1 aliphatic rings. The SMILES string of the molecule is O=C(N[C@@H](CO)C1CC1)c1cc(-c2ccc(C(F)(F)F)cc2)nn(-c2cccc(F)c2)c1=O. The Labute approximate surface area is 185 Å². The summed E-state index contributed by atoms with van der Waals surface area (Å²) in [7, 11) is 0. The molecule has 3 aromatic rings. The summed E-state index contributed by atoms with van der Waals surface area (Å²) < 4.78 is 53.4. The molecule has 1 atom stereocenters. The van der Waals surface area contributed by atoms with Crippen LogP contribution < -0.4 is 10.9 Å². The first-order valence-corrected chi connectivity index (χ1v) is 10.2. The Hall–Kier alpha value is -3.53. The van der Waals surface area contributed by atoms with Gasteiger partial charge in [0, 0.05) is 5.56 Å². The number of amides is 1. The van der Waals surface area contributed by atoms with Gasteiger partial charge in [0.1, 0.15) is 11.4 Å². The molecule has 0 spiro atoms. The summed E-state index contributed by atoms with van der Waals surface area (Å²) in [5.41, 5.74) is -1.71. The highest BCUT2D eigenvalue weighted by molar-refractivity contribution is 5.95. The fourth-order valence-corrected chi connectivity index (χ4v) is 3.47. The molecule has 172 valence electrons. The van der Waals surface area contributed by atoms with Crippen molar-refractivity contribution in [1.82, 2.24) is 15.1 Å². The summed E-state index contributed by atoms with van der Waals surface area (Å²) in [6.45, 7) is -0.300. The van der Waals surface area contributed by atoms with E-state index < -0.39 is 35.1 Å². The number of aliphatic hydroxyl groups is 1. The summed E-state index contributed by atoms with van der Waals surface area (Å²) in [5.74, 6) is -1.28. The Kier molecular flexibility index (Phi) is 6.03. The summed E-state index contributed by atoms with van der Waals surface area (Å²) in [6.07, 6.45) is -2.85. The minimum Gasteiger partial charge on any atom is -0.394 e. The largest absolute Gasteiger partial charge is 0.416 e. The average Bonchev–Trinajstić information content (AvgIpc) is 3.62. The third-order valence-electron chi connectivity index (χ3n) is 5.42. The van der Waals surface area contributed by atoms with Crippen molar-refractivity contribution in [3.05, 3.63) is 81.9 Å². The van der Waals surface area contributed by atoms with E-state index in [1.54, 1.807) is 0 Å². The molecule has 2 N–H and O–H groups in total. The van der Waals surface area contributed by atoms with Crippen molar-refractivity contribution in [3.8, 4) is 16.9 Å². The number of benzene rings is 2.